The summed E-state index contributed by atoms with van der Waals surface area (Å²) in [4.78, 5) is 18.0. The largest absolute Gasteiger partial charge is 0.492 e. The van der Waals surface area contributed by atoms with Gasteiger partial charge in [-0.1, -0.05) is 31.9 Å². The molecule has 0 spiro atoms. The molecule has 38 heavy (non-hydrogen) atoms. The first-order valence-corrected chi connectivity index (χ1v) is 13.2. The van der Waals surface area contributed by atoms with Crippen molar-refractivity contribution < 1.29 is 23.0 Å². The van der Waals surface area contributed by atoms with Crippen molar-refractivity contribution in [3.63, 3.8) is 0 Å². The molecule has 2 atom stereocenters. The number of nitrogens with zero attached hydrogens (tertiary/aromatic N) is 3. The molecular formula is C30H39F2N3O3. The van der Waals surface area contributed by atoms with E-state index in [0.717, 1.165) is 24.1 Å². The Bertz CT molecular complexity index is 1110. The minimum absolute atomic E-state index is 0.197. The number of hydrogen-bond acceptors (Lipinski definition) is 5. The molecule has 0 aromatic heterocycles. The number of aryl methyl sites for hydroxylation is 1. The molecule has 3 rings (SSSR count). The van der Waals surface area contributed by atoms with Gasteiger partial charge in [-0.15, -0.1) is 0 Å². The monoisotopic (exact) mass is 527 g/mol. The third-order valence-electron chi connectivity index (χ3n) is 6.51. The van der Waals surface area contributed by atoms with Crippen LogP contribution in [-0.4, -0.2) is 38.0 Å². The Kier molecular flexibility index (Phi) is 12.2. The maximum absolute atomic E-state index is 14.1. The highest BCUT2D eigenvalue weighted by Gasteiger charge is 2.45. The van der Waals surface area contributed by atoms with Gasteiger partial charge in [0, 0.05) is 25.6 Å². The Balaban J connectivity index is 0.000000352. The van der Waals surface area contributed by atoms with Crippen LogP contribution in [0.3, 0.4) is 0 Å². The lowest BCUT2D eigenvalue weighted by molar-refractivity contribution is -0.115. The fraction of sp³-hybridized carbons (Fsp3) is 0.500. The minimum atomic E-state index is -2.66. The molecule has 6 nitrogen and oxygen atoms in total. The van der Waals surface area contributed by atoms with Crippen LogP contribution in [0.1, 0.15) is 70.4 Å². The molecule has 0 saturated heterocycles. The van der Waals surface area contributed by atoms with Gasteiger partial charge in [0.25, 0.3) is 5.92 Å². The summed E-state index contributed by atoms with van der Waals surface area (Å²) < 4.78 is 39.3. The van der Waals surface area contributed by atoms with Gasteiger partial charge in [-0.2, -0.15) is 5.26 Å². The topological polar surface area (TPSA) is 74.9 Å². The summed E-state index contributed by atoms with van der Waals surface area (Å²) in [6.07, 6.45) is 3.05. The lowest BCUT2D eigenvalue weighted by Gasteiger charge is -2.36. The number of unbranched alkanes of at least 4 members (excludes halogenated alkanes) is 1. The van der Waals surface area contributed by atoms with E-state index >= 15 is 0 Å². The van der Waals surface area contributed by atoms with E-state index < -0.39 is 24.0 Å². The molecular weight excluding hydrogens is 488 g/mol. The number of aliphatic imine (C=N–C) groups is 1. The highest BCUT2D eigenvalue weighted by atomic mass is 19.3. The lowest BCUT2D eigenvalue weighted by Crippen LogP contribution is -2.41. The quantitative estimate of drug-likeness (QED) is 0.324. The summed E-state index contributed by atoms with van der Waals surface area (Å²) in [7, 11) is 1.60. The molecule has 0 N–H and O–H groups in total. The first-order chi connectivity index (χ1) is 18.2. The van der Waals surface area contributed by atoms with Gasteiger partial charge in [0.1, 0.15) is 11.9 Å². The van der Waals surface area contributed by atoms with Crippen molar-refractivity contribution in [1.82, 2.24) is 0 Å². The first-order valence-electron chi connectivity index (χ1n) is 13.2. The zero-order chi connectivity index (χ0) is 28.1. The third-order valence-corrected chi connectivity index (χ3v) is 6.51. The Morgan fingerprint density at radius 3 is 2.63 bits per heavy atom. The van der Waals surface area contributed by atoms with E-state index in [-0.39, 0.29) is 19.3 Å². The van der Waals surface area contributed by atoms with E-state index in [1.807, 2.05) is 52.0 Å². The zero-order valence-corrected chi connectivity index (χ0v) is 23.0. The van der Waals surface area contributed by atoms with Crippen LogP contribution in [0.2, 0.25) is 0 Å². The predicted molar refractivity (Wildman–Crippen MR) is 148 cm³/mol. The Morgan fingerprint density at radius 1 is 1.26 bits per heavy atom. The number of benzene rings is 2. The number of ether oxygens (including phenoxy) is 2. The standard InChI is InChI=1S/C20H29F2NO3.C10H10N2/c1-4-6-9-15-14-16(12-13-20(15,21)22)26-19(24)23(3)17-10-7-8-11-18(17)25-5-2;1-3-12-10-5-4-9(7-11)6-8(10)2/h7-8,10-11,15-16H,4-6,9,12-14H2,1-3H3;3-6H,1-2H3/t15-,16-;/m1./s1. The maximum Gasteiger partial charge on any atom is 0.414 e. The summed E-state index contributed by atoms with van der Waals surface area (Å²) in [5.74, 6) is -2.79. The molecule has 2 aromatic rings. The molecule has 0 aliphatic heterocycles. The van der Waals surface area contributed by atoms with Crippen LogP contribution < -0.4 is 9.64 Å². The van der Waals surface area contributed by atoms with Crippen molar-refractivity contribution in [2.75, 3.05) is 18.6 Å². The van der Waals surface area contributed by atoms with Crippen LogP contribution in [0.25, 0.3) is 0 Å². The van der Waals surface area contributed by atoms with E-state index in [1.54, 1.807) is 31.5 Å². The van der Waals surface area contributed by atoms with Crippen LogP contribution in [0.15, 0.2) is 47.5 Å². The number of alkyl halides is 2. The molecule has 1 saturated carbocycles. The molecule has 1 fully saturated rings. The predicted octanol–water partition coefficient (Wildman–Crippen LogP) is 8.24. The maximum atomic E-state index is 14.1. The second kappa shape index (κ2) is 15.1. The molecule has 206 valence electrons. The number of nitriles is 1. The van der Waals surface area contributed by atoms with Crippen LogP contribution >= 0.6 is 0 Å². The van der Waals surface area contributed by atoms with Gasteiger partial charge in [0.05, 0.1) is 29.6 Å². The second-order valence-electron chi connectivity index (χ2n) is 9.34. The minimum Gasteiger partial charge on any atom is -0.492 e. The van der Waals surface area contributed by atoms with Crippen molar-refractivity contribution in [2.24, 2.45) is 10.9 Å². The molecule has 1 amide bonds. The number of anilines is 1. The average molecular weight is 528 g/mol. The molecule has 0 bridgehead atoms. The second-order valence-corrected chi connectivity index (χ2v) is 9.34. The SMILES string of the molecule is CC=Nc1ccc(C#N)cc1C.CCCC[C@@H]1C[C@H](OC(=O)N(C)c2ccccc2OCC)CCC1(F)F. The van der Waals surface area contributed by atoms with Crippen molar-refractivity contribution in [2.45, 2.75) is 78.2 Å². The van der Waals surface area contributed by atoms with Gasteiger partial charge in [-0.3, -0.25) is 9.89 Å². The van der Waals surface area contributed by atoms with E-state index in [1.165, 1.54) is 4.90 Å². The average Bonchev–Trinajstić information content (AvgIpc) is 2.90. The highest BCUT2D eigenvalue weighted by molar-refractivity contribution is 5.89. The van der Waals surface area contributed by atoms with E-state index in [0.29, 0.717) is 30.0 Å². The van der Waals surface area contributed by atoms with Gasteiger partial charge in [-0.05, 0) is 75.9 Å². The molecule has 0 radical (unpaired) electrons. The fourth-order valence-electron chi connectivity index (χ4n) is 4.39. The summed E-state index contributed by atoms with van der Waals surface area (Å²) in [5, 5.41) is 8.59. The number of halogens is 2. The van der Waals surface area contributed by atoms with Crippen molar-refractivity contribution in [1.29, 1.82) is 5.26 Å². The zero-order valence-electron chi connectivity index (χ0n) is 23.0. The molecule has 1 aliphatic carbocycles. The summed E-state index contributed by atoms with van der Waals surface area (Å²) >= 11 is 0. The van der Waals surface area contributed by atoms with Crippen LogP contribution in [0, 0.1) is 24.2 Å². The Morgan fingerprint density at radius 2 is 2.00 bits per heavy atom. The van der Waals surface area contributed by atoms with Crippen molar-refractivity contribution >= 4 is 23.7 Å². The summed E-state index contributed by atoms with van der Waals surface area (Å²) in [6, 6.07) is 14.7. The number of carbonyl (C=O) groups is 1. The van der Waals surface area contributed by atoms with Crippen LogP contribution in [-0.2, 0) is 4.74 Å². The fourth-order valence-corrected chi connectivity index (χ4v) is 4.39. The van der Waals surface area contributed by atoms with Gasteiger partial charge in [0.15, 0.2) is 0 Å². The smallest absolute Gasteiger partial charge is 0.414 e. The van der Waals surface area contributed by atoms with E-state index in [9.17, 15) is 13.6 Å². The Labute approximate surface area is 225 Å². The van der Waals surface area contributed by atoms with Crippen molar-refractivity contribution in [3.05, 3.63) is 53.6 Å². The first kappa shape index (κ1) is 30.8. The number of rotatable bonds is 8. The summed E-state index contributed by atoms with van der Waals surface area (Å²) in [6.45, 7) is 8.16. The molecule has 1 aliphatic rings. The van der Waals surface area contributed by atoms with Gasteiger partial charge in [0.2, 0.25) is 0 Å². The number of hydrogen-bond donors (Lipinski definition) is 0. The van der Waals surface area contributed by atoms with Crippen molar-refractivity contribution in [3.8, 4) is 11.8 Å². The van der Waals surface area contributed by atoms with Crippen LogP contribution in [0.5, 0.6) is 5.75 Å². The van der Waals surface area contributed by atoms with E-state index in [2.05, 4.69) is 11.1 Å². The number of carbonyl (C=O) groups excluding carboxylic acids is 1. The molecule has 0 unspecified atom stereocenters. The third kappa shape index (κ3) is 8.83. The lowest BCUT2D eigenvalue weighted by atomic mass is 9.81. The number of para-hydroxylation sites is 2. The Hall–Kier alpha value is -3.47. The summed E-state index contributed by atoms with van der Waals surface area (Å²) in [5.41, 5.74) is 3.24. The van der Waals surface area contributed by atoms with Gasteiger partial charge < -0.3 is 9.47 Å². The normalized spacial score (nSPS) is 18.2. The van der Waals surface area contributed by atoms with E-state index in [4.69, 9.17) is 14.7 Å². The van der Waals surface area contributed by atoms with Gasteiger partial charge in [-0.25, -0.2) is 13.6 Å². The van der Waals surface area contributed by atoms with Gasteiger partial charge >= 0.3 is 6.09 Å². The molecule has 2 aromatic carbocycles. The van der Waals surface area contributed by atoms with Crippen LogP contribution in [0.4, 0.5) is 25.0 Å². The molecule has 8 heteroatoms. The molecule has 0 heterocycles. The number of amides is 1. The highest BCUT2D eigenvalue weighted by Crippen LogP contribution is 2.42.